The first-order valence-corrected chi connectivity index (χ1v) is 12.0. The van der Waals surface area contributed by atoms with Crippen LogP contribution >= 0.6 is 0 Å². The monoisotopic (exact) mass is 458 g/mol. The molecule has 4 heterocycles. The molecule has 10 nitrogen and oxygen atoms in total. The number of hydrogen-bond donors (Lipinski definition) is 0. The zero-order chi connectivity index (χ0) is 22.3. The predicted molar refractivity (Wildman–Crippen MR) is 115 cm³/mol. The molecule has 0 bridgehead atoms. The minimum Gasteiger partial charge on any atom is -0.485 e. The third kappa shape index (κ3) is 3.95. The first-order valence-electron chi connectivity index (χ1n) is 10.4. The van der Waals surface area contributed by atoms with Gasteiger partial charge in [-0.1, -0.05) is 12.1 Å². The lowest BCUT2D eigenvalue weighted by Crippen LogP contribution is -2.55. The molecule has 1 aromatic carbocycles. The maximum Gasteiger partial charge on any atom is 0.267 e. The van der Waals surface area contributed by atoms with Crippen LogP contribution in [-0.4, -0.2) is 92.0 Å². The number of para-hydroxylation sites is 2. The molecule has 1 saturated heterocycles. The summed E-state index contributed by atoms with van der Waals surface area (Å²) in [5.41, 5.74) is 0.462. The van der Waals surface area contributed by atoms with Gasteiger partial charge in [0.05, 0.1) is 11.3 Å². The van der Waals surface area contributed by atoms with Gasteiger partial charge in [-0.2, -0.15) is 0 Å². The van der Waals surface area contributed by atoms with Crippen molar-refractivity contribution in [3.63, 3.8) is 0 Å². The molecule has 1 atom stereocenters. The second kappa shape index (κ2) is 7.97. The van der Waals surface area contributed by atoms with E-state index in [1.807, 2.05) is 12.1 Å². The molecule has 11 heteroatoms. The van der Waals surface area contributed by atoms with Crippen LogP contribution in [-0.2, 0) is 19.6 Å². The van der Waals surface area contributed by atoms with Gasteiger partial charge in [-0.15, -0.1) is 4.40 Å². The second-order valence-electron chi connectivity index (χ2n) is 7.83. The summed E-state index contributed by atoms with van der Waals surface area (Å²) >= 11 is 0. The van der Waals surface area contributed by atoms with Gasteiger partial charge in [0.1, 0.15) is 12.4 Å². The first-order chi connectivity index (χ1) is 15.4. The number of sulfonamides is 1. The molecule has 0 aromatic heterocycles. The van der Waals surface area contributed by atoms with Crippen molar-refractivity contribution >= 4 is 27.7 Å². The molecule has 1 fully saturated rings. The highest BCUT2D eigenvalue weighted by Crippen LogP contribution is 2.31. The van der Waals surface area contributed by atoms with Crippen molar-refractivity contribution in [3.8, 4) is 11.5 Å². The number of piperazine rings is 1. The van der Waals surface area contributed by atoms with E-state index < -0.39 is 16.1 Å². The summed E-state index contributed by atoms with van der Waals surface area (Å²) in [5.74, 6) is 1.10. The minimum absolute atomic E-state index is 0.0828. The molecule has 168 valence electrons. The number of amidine groups is 1. The van der Waals surface area contributed by atoms with Gasteiger partial charge in [0.25, 0.3) is 21.8 Å². The lowest BCUT2D eigenvalue weighted by atomic mass is 10.1. The van der Waals surface area contributed by atoms with E-state index in [0.29, 0.717) is 49.1 Å². The predicted octanol–water partition coefficient (Wildman–Crippen LogP) is -0.00520. The summed E-state index contributed by atoms with van der Waals surface area (Å²) < 4.78 is 38.4. The van der Waals surface area contributed by atoms with Crippen molar-refractivity contribution in [1.29, 1.82) is 0 Å². The summed E-state index contributed by atoms with van der Waals surface area (Å²) in [7, 11) is -3.44. The maximum absolute atomic E-state index is 12.9. The first kappa shape index (κ1) is 20.6. The molecule has 0 spiro atoms. The number of nitrogens with zero attached hydrogens (tertiary/aromatic N) is 4. The van der Waals surface area contributed by atoms with Crippen LogP contribution in [0, 0.1) is 0 Å². The standard InChI is InChI=1S/C21H22N4O6S/c26-20(15-5-6-19-22-32(28,29)12-11-25(19)13-15)23-7-9-24(10-8-23)21(27)18-14-30-16-3-1-2-4-17(16)31-18/h1-6,13,18H,7-12,14H2. The fourth-order valence-corrected chi connectivity index (χ4v) is 4.95. The van der Waals surface area contributed by atoms with E-state index in [-0.39, 0.29) is 30.7 Å². The highest BCUT2D eigenvalue weighted by Gasteiger charge is 2.34. The Labute approximate surface area is 185 Å². The quantitative estimate of drug-likeness (QED) is 0.614. The van der Waals surface area contributed by atoms with E-state index in [1.54, 1.807) is 45.2 Å². The summed E-state index contributed by atoms with van der Waals surface area (Å²) in [5, 5.41) is 0. The summed E-state index contributed by atoms with van der Waals surface area (Å²) in [4.78, 5) is 30.9. The molecule has 1 aromatic rings. The van der Waals surface area contributed by atoms with Crippen LogP contribution in [0.3, 0.4) is 0 Å². The molecular weight excluding hydrogens is 436 g/mol. The van der Waals surface area contributed by atoms with Gasteiger partial charge in [-0.25, -0.2) is 8.42 Å². The Morgan fingerprint density at radius 1 is 0.969 bits per heavy atom. The number of ether oxygens (including phenoxy) is 2. The Morgan fingerprint density at radius 2 is 1.69 bits per heavy atom. The Bertz CT molecular complexity index is 1150. The lowest BCUT2D eigenvalue weighted by Gasteiger charge is -2.37. The van der Waals surface area contributed by atoms with Crippen LogP contribution in [0.25, 0.3) is 0 Å². The molecule has 0 radical (unpaired) electrons. The smallest absolute Gasteiger partial charge is 0.267 e. The molecule has 2 amide bonds. The van der Waals surface area contributed by atoms with Crippen LogP contribution in [0.1, 0.15) is 0 Å². The minimum atomic E-state index is -3.44. The Hall–Kier alpha value is -3.34. The third-order valence-corrected chi connectivity index (χ3v) is 6.90. The molecule has 1 unspecified atom stereocenters. The van der Waals surface area contributed by atoms with E-state index >= 15 is 0 Å². The van der Waals surface area contributed by atoms with Gasteiger partial charge in [0.15, 0.2) is 11.5 Å². The van der Waals surface area contributed by atoms with Gasteiger partial charge < -0.3 is 24.2 Å². The van der Waals surface area contributed by atoms with Crippen molar-refractivity contribution < 1.29 is 27.5 Å². The van der Waals surface area contributed by atoms with Gasteiger partial charge in [-0.3, -0.25) is 9.59 Å². The number of rotatable bonds is 2. The molecular formula is C21H22N4O6S. The van der Waals surface area contributed by atoms with Gasteiger partial charge >= 0.3 is 0 Å². The normalized spacial score (nSPS) is 23.8. The summed E-state index contributed by atoms with van der Waals surface area (Å²) in [6.45, 7) is 2.01. The number of carbonyl (C=O) groups excluding carboxylic acids is 2. The van der Waals surface area contributed by atoms with Crippen molar-refractivity contribution in [3.05, 3.63) is 48.2 Å². The highest BCUT2D eigenvalue weighted by atomic mass is 32.2. The largest absolute Gasteiger partial charge is 0.485 e. The molecule has 5 rings (SSSR count). The number of carbonyl (C=O) groups is 2. The van der Waals surface area contributed by atoms with E-state index in [1.165, 1.54) is 0 Å². The van der Waals surface area contributed by atoms with Crippen LogP contribution in [0.4, 0.5) is 0 Å². The molecule has 0 aliphatic carbocycles. The third-order valence-electron chi connectivity index (χ3n) is 5.73. The zero-order valence-corrected chi connectivity index (χ0v) is 18.0. The molecule has 32 heavy (non-hydrogen) atoms. The molecule has 0 N–H and O–H groups in total. The van der Waals surface area contributed by atoms with Crippen LogP contribution in [0.2, 0.25) is 0 Å². The van der Waals surface area contributed by atoms with Crippen molar-refractivity contribution in [2.75, 3.05) is 45.1 Å². The van der Waals surface area contributed by atoms with Crippen molar-refractivity contribution in [1.82, 2.24) is 14.7 Å². The molecule has 0 saturated carbocycles. The van der Waals surface area contributed by atoms with Crippen LogP contribution in [0.5, 0.6) is 11.5 Å². The van der Waals surface area contributed by atoms with Gasteiger partial charge in [-0.05, 0) is 24.3 Å². The molecule has 4 aliphatic rings. The average Bonchev–Trinajstić information content (AvgIpc) is 2.82. The van der Waals surface area contributed by atoms with E-state index in [2.05, 4.69) is 4.40 Å². The Morgan fingerprint density at radius 3 is 2.47 bits per heavy atom. The van der Waals surface area contributed by atoms with E-state index in [4.69, 9.17) is 9.47 Å². The topological polar surface area (TPSA) is 109 Å². The summed E-state index contributed by atoms with van der Waals surface area (Å²) in [6.07, 6.45) is 4.06. The number of fused-ring (bicyclic) bond motifs is 2. The number of benzene rings is 1. The van der Waals surface area contributed by atoms with E-state index in [0.717, 1.165) is 0 Å². The SMILES string of the molecule is O=C(C1=CN2CCS(=O)(=O)N=C2C=C1)N1CCN(C(=O)C2COc3ccccc3O2)CC1. The van der Waals surface area contributed by atoms with Gasteiger partial charge in [0, 0.05) is 38.9 Å². The zero-order valence-electron chi connectivity index (χ0n) is 17.2. The Balaban J connectivity index is 1.18. The maximum atomic E-state index is 12.9. The number of hydrogen-bond acceptors (Lipinski definition) is 7. The van der Waals surface area contributed by atoms with Crippen LogP contribution < -0.4 is 9.47 Å². The van der Waals surface area contributed by atoms with E-state index in [9.17, 15) is 18.0 Å². The van der Waals surface area contributed by atoms with Crippen molar-refractivity contribution in [2.45, 2.75) is 6.10 Å². The fraction of sp³-hybridized carbons (Fsp3) is 0.381. The molecule has 4 aliphatic heterocycles. The average molecular weight is 458 g/mol. The second-order valence-corrected chi connectivity index (χ2v) is 9.58. The van der Waals surface area contributed by atoms with Gasteiger partial charge in [0.2, 0.25) is 6.10 Å². The van der Waals surface area contributed by atoms with Crippen molar-refractivity contribution in [2.24, 2.45) is 4.40 Å². The summed E-state index contributed by atoms with van der Waals surface area (Å²) in [6, 6.07) is 7.24. The lowest BCUT2D eigenvalue weighted by molar-refractivity contribution is -0.145. The van der Waals surface area contributed by atoms with Crippen LogP contribution in [0.15, 0.2) is 52.6 Å². The Kier molecular flexibility index (Phi) is 5.12. The fourth-order valence-electron chi connectivity index (χ4n) is 3.98. The highest BCUT2D eigenvalue weighted by molar-refractivity contribution is 7.90. The number of amides is 2.